The lowest BCUT2D eigenvalue weighted by Gasteiger charge is -2.40. The smallest absolute Gasteiger partial charge is 0.462 e. The quantitative estimate of drug-likeness (QED) is 0.0197. The molecular formula is C67H136F13NO20Si5. The van der Waals surface area contributed by atoms with E-state index in [9.17, 15) is 66.7 Å². The van der Waals surface area contributed by atoms with Gasteiger partial charge in [0.1, 0.15) is 6.61 Å². The summed E-state index contributed by atoms with van der Waals surface area (Å²) in [5, 5.41) is 2.81. The number of ether oxygens (including phenoxy) is 3. The van der Waals surface area contributed by atoms with Gasteiger partial charge in [0.05, 0.1) is 19.8 Å². The summed E-state index contributed by atoms with van der Waals surface area (Å²) in [4.78, 5) is 22.8. The Bertz CT molecular complexity index is 2040. The maximum atomic E-state index is 13.9. The Morgan fingerprint density at radius 2 is 0.613 bits per heavy atom. The minimum Gasteiger partial charge on any atom is -0.462 e. The third-order valence-electron chi connectivity index (χ3n) is 14.2. The van der Waals surface area contributed by atoms with Crippen LogP contribution in [-0.4, -0.2) is 231 Å². The topological polar surface area (TPSA) is 212 Å². The molecule has 106 heavy (non-hydrogen) atoms. The summed E-state index contributed by atoms with van der Waals surface area (Å²) >= 11 is 0. The Morgan fingerprint density at radius 1 is 0.340 bits per heavy atom. The van der Waals surface area contributed by atoms with Crippen LogP contribution in [0.3, 0.4) is 0 Å². The van der Waals surface area contributed by atoms with E-state index in [0.717, 1.165) is 31.4 Å². The third kappa shape index (κ3) is 45.2. The zero-order valence-electron chi connectivity index (χ0n) is 67.2. The molecule has 39 heteroatoms. The number of alkyl halides is 13. The lowest BCUT2D eigenvalue weighted by atomic mass is 9.93. The summed E-state index contributed by atoms with van der Waals surface area (Å²) in [5.41, 5.74) is 0.405. The van der Waals surface area contributed by atoms with Crippen LogP contribution in [0, 0.1) is 0 Å². The van der Waals surface area contributed by atoms with Crippen molar-refractivity contribution in [3.8, 4) is 0 Å². The molecule has 0 heterocycles. The Hall–Kier alpha value is -1.83. The molecule has 0 bridgehead atoms. The third-order valence-corrected chi connectivity index (χ3v) is 29.9. The van der Waals surface area contributed by atoms with Crippen LogP contribution in [0.15, 0.2) is 12.2 Å². The van der Waals surface area contributed by atoms with E-state index in [0.29, 0.717) is 130 Å². The van der Waals surface area contributed by atoms with Crippen molar-refractivity contribution in [3.63, 3.8) is 0 Å². The fraction of sp³-hybridized carbons (Fsp3) is 0.940. The largest absolute Gasteiger partial charge is 0.501 e. The van der Waals surface area contributed by atoms with E-state index >= 15 is 0 Å². The molecule has 0 aliphatic rings. The molecule has 21 nitrogen and oxygen atoms in total. The van der Waals surface area contributed by atoms with Gasteiger partial charge in [-0.25, -0.2) is 4.79 Å². The van der Waals surface area contributed by atoms with Crippen molar-refractivity contribution < 1.29 is 147 Å². The summed E-state index contributed by atoms with van der Waals surface area (Å²) < 4.78 is 270. The highest BCUT2D eigenvalue weighted by Crippen LogP contribution is 2.61. The fourth-order valence-corrected chi connectivity index (χ4v) is 22.8. The van der Waals surface area contributed by atoms with Gasteiger partial charge in [-0.05, 0) is 136 Å². The van der Waals surface area contributed by atoms with Crippen LogP contribution < -0.4 is 5.32 Å². The molecule has 0 rings (SSSR count). The van der Waals surface area contributed by atoms with Gasteiger partial charge in [-0.2, -0.15) is 57.1 Å². The number of hydrogen-bond acceptors (Lipinski definition) is 20. The Kier molecular flexibility index (Phi) is 67.6. The van der Waals surface area contributed by atoms with Gasteiger partial charge < -0.3 is 85.9 Å². The molecule has 0 aromatic heterocycles. The highest BCUT2D eigenvalue weighted by Gasteiger charge is 2.90. The Morgan fingerprint density at radius 3 is 0.906 bits per heavy atom. The molecule has 0 atom stereocenters. The first-order chi connectivity index (χ1) is 49.8. The van der Waals surface area contributed by atoms with Gasteiger partial charge in [-0.1, -0.05) is 71.8 Å². The lowest BCUT2D eigenvalue weighted by Crippen LogP contribution is -2.70. The van der Waals surface area contributed by atoms with Gasteiger partial charge in [-0.3, -0.25) is 4.79 Å². The van der Waals surface area contributed by atoms with Gasteiger partial charge in [-0.15, -0.1) is 0 Å². The number of carbonyl (C=O) groups excluding carboxylic acids is 2. The van der Waals surface area contributed by atoms with Gasteiger partial charge in [0.25, 0.3) is 0 Å². The number of carbonyl (C=O) groups is 2. The summed E-state index contributed by atoms with van der Waals surface area (Å²) in [5.74, 6) is -37.5. The molecule has 0 saturated heterocycles. The highest BCUT2D eigenvalue weighted by atomic mass is 28.4. The molecule has 0 aliphatic heterocycles. The number of nitrogens with one attached hydrogen (secondary N) is 1. The standard InChI is InChI=1S/C14H19F13O3Si.C14H31NO6Si.C14H32O3Si.C13H26O5Si.C12H28O3Si/c1-4-28-31(29-5-2,30-6-3)8-7-9(15,16)10(17,18)11(19,20)12(21,22)13(23,24)14(25,26)27;1-5-19-22(20-6-2,21-7-3)12-8-9-15-14(16)13-18-11-10-17-4;1-5-9-10-11-12-13-14-18(15-6-2,16-7-3)17-8-4;1-6-16-19(17-7-2,18-8-3)11-9-10-15-13(14)12(4)5;1-5-9-10-11-12-16(13-6-2,14-7-3)15-8-4/h4-8H2,1-3H3;5-13H2,1-4H3,(H,15,16);5-14H2,1-4H3;4,6-11H2,1-3,5H3;5-12H2,1-4H3. The number of hydrogen-bond donors (Lipinski definition) is 1. The number of amides is 1. The molecule has 0 unspecified atom stereocenters. The predicted molar refractivity (Wildman–Crippen MR) is 391 cm³/mol. The zero-order chi connectivity index (χ0) is 82.5. The molecule has 1 amide bonds. The summed E-state index contributed by atoms with van der Waals surface area (Å²) in [7, 11) is -12.6. The first-order valence-corrected chi connectivity index (χ1v) is 47.1. The van der Waals surface area contributed by atoms with Crippen molar-refractivity contribution in [2.24, 2.45) is 0 Å². The van der Waals surface area contributed by atoms with Crippen molar-refractivity contribution in [3.05, 3.63) is 12.2 Å². The van der Waals surface area contributed by atoms with Crippen LogP contribution >= 0.6 is 0 Å². The van der Waals surface area contributed by atoms with E-state index in [2.05, 4.69) is 25.7 Å². The van der Waals surface area contributed by atoms with Gasteiger partial charge in [0.15, 0.2) is 0 Å². The van der Waals surface area contributed by atoms with Gasteiger partial charge in [0, 0.05) is 155 Å². The Balaban J connectivity index is -0.000000410. The number of rotatable bonds is 63. The van der Waals surface area contributed by atoms with Crippen molar-refractivity contribution in [1.29, 1.82) is 0 Å². The van der Waals surface area contributed by atoms with E-state index in [1.165, 1.54) is 72.1 Å². The van der Waals surface area contributed by atoms with E-state index in [4.69, 9.17) is 80.6 Å². The fourth-order valence-electron chi connectivity index (χ4n) is 9.63. The van der Waals surface area contributed by atoms with Crippen LogP contribution in [0.5, 0.6) is 0 Å². The van der Waals surface area contributed by atoms with Gasteiger partial charge in [0.2, 0.25) is 5.91 Å². The zero-order valence-corrected chi connectivity index (χ0v) is 72.2. The number of methoxy groups -OCH3 is 1. The number of esters is 1. The van der Waals surface area contributed by atoms with Crippen LogP contribution in [0.1, 0.15) is 208 Å². The first-order valence-electron chi connectivity index (χ1n) is 37.5. The molecule has 0 saturated carbocycles. The maximum absolute atomic E-state index is 13.9. The predicted octanol–water partition coefficient (Wildman–Crippen LogP) is 17.9. The first kappa shape index (κ1) is 113. The second-order valence-electron chi connectivity index (χ2n) is 22.8. The molecular weight excluding hydrogens is 1530 g/mol. The molecule has 0 fully saturated rings. The van der Waals surface area contributed by atoms with Gasteiger partial charge >= 0.3 is 85.8 Å². The SMILES string of the molecule is C=C(C)C(=O)OCCC[Si](OCC)(OCC)OCC.CCCCCCCC[Si](OCC)(OCC)OCC.CCCCCC[Si](OCC)(OCC)OCC.CCO[Si](CCC(F)(F)C(F)(F)C(F)(F)C(F)(F)C(F)(F)C(F)(F)F)(OCC)OCC.CCO[Si](CCCNC(=O)COCCOC)(OCC)OCC. The second kappa shape index (κ2) is 63.6. The summed E-state index contributed by atoms with van der Waals surface area (Å²) in [6, 6.07) is 1.90. The molecule has 640 valence electrons. The molecule has 0 spiro atoms. The van der Waals surface area contributed by atoms with E-state index in [-0.39, 0.29) is 38.3 Å². The highest BCUT2D eigenvalue weighted by molar-refractivity contribution is 6.62. The minimum atomic E-state index is -7.92. The number of halogens is 13. The van der Waals surface area contributed by atoms with Crippen molar-refractivity contribution in [2.45, 2.75) is 274 Å². The van der Waals surface area contributed by atoms with E-state index in [1.807, 2.05) is 83.1 Å². The Labute approximate surface area is 631 Å². The lowest BCUT2D eigenvalue weighted by molar-refractivity contribution is -0.440. The van der Waals surface area contributed by atoms with Crippen LogP contribution in [0.25, 0.3) is 0 Å². The summed E-state index contributed by atoms with van der Waals surface area (Å²) in [6.07, 6.45) is 4.26. The molecule has 0 aromatic carbocycles. The monoisotopic (exact) mass is 1660 g/mol. The van der Waals surface area contributed by atoms with Crippen LogP contribution in [0.2, 0.25) is 30.2 Å². The van der Waals surface area contributed by atoms with Crippen molar-refractivity contribution in [2.75, 3.05) is 139 Å². The van der Waals surface area contributed by atoms with Crippen LogP contribution in [-0.2, 0) is 90.2 Å². The van der Waals surface area contributed by atoms with Crippen LogP contribution in [0.4, 0.5) is 57.1 Å². The normalized spacial score (nSPS) is 12.8. The number of unbranched alkanes of at least 4 members (excludes halogenated alkanes) is 8. The second-order valence-corrected chi connectivity index (χ2v) is 36.4. The average Bonchev–Trinajstić information content (AvgIpc) is 0.712. The van der Waals surface area contributed by atoms with Crippen molar-refractivity contribution in [1.82, 2.24) is 5.32 Å². The van der Waals surface area contributed by atoms with E-state index < -0.39 is 92.3 Å². The molecule has 0 aliphatic carbocycles. The van der Waals surface area contributed by atoms with E-state index in [1.54, 1.807) is 14.0 Å². The minimum absolute atomic E-state index is 0.0499. The molecule has 0 radical (unpaired) electrons. The molecule has 0 aromatic rings. The average molecular weight is 1660 g/mol. The molecule has 1 N–H and O–H groups in total. The maximum Gasteiger partial charge on any atom is 0.501 e. The van der Waals surface area contributed by atoms with Crippen molar-refractivity contribution >= 4 is 55.9 Å². The summed E-state index contributed by atoms with van der Waals surface area (Å²) in [6.45, 7) is 45.5.